The van der Waals surface area contributed by atoms with Crippen molar-refractivity contribution in [3.63, 3.8) is 0 Å². The number of carbonyl (C=O) groups is 1. The van der Waals surface area contributed by atoms with Gasteiger partial charge in [-0.3, -0.25) is 4.79 Å². The number of fused-ring (bicyclic) bond motifs is 1. The van der Waals surface area contributed by atoms with Gasteiger partial charge in [0.1, 0.15) is 5.75 Å². The Balaban J connectivity index is 1.89. The number of alkyl halides is 1. The molecular formula is C14H18ClNO2. The molecule has 0 radical (unpaired) electrons. The zero-order valence-electron chi connectivity index (χ0n) is 10.5. The molecule has 0 aromatic heterocycles. The fraction of sp³-hybridized carbons (Fsp3) is 0.500. The minimum absolute atomic E-state index is 0.0373. The van der Waals surface area contributed by atoms with Crippen LogP contribution in [0.4, 0.5) is 0 Å². The monoisotopic (exact) mass is 267 g/mol. The van der Waals surface area contributed by atoms with Crippen LogP contribution in [0.5, 0.6) is 5.75 Å². The summed E-state index contributed by atoms with van der Waals surface area (Å²) >= 11 is 6.00. The number of ether oxygens (including phenoxy) is 1. The number of nitrogens with one attached hydrogen (secondary N) is 1. The van der Waals surface area contributed by atoms with Crippen LogP contribution in [0, 0.1) is 0 Å². The number of benzene rings is 1. The van der Waals surface area contributed by atoms with Crippen LogP contribution in [0.25, 0.3) is 0 Å². The Morgan fingerprint density at radius 1 is 1.56 bits per heavy atom. The smallest absolute Gasteiger partial charge is 0.251 e. The molecule has 1 amide bonds. The molecule has 3 nitrogen and oxygen atoms in total. The lowest BCUT2D eigenvalue weighted by atomic mass is 10.1. The molecule has 0 saturated heterocycles. The molecular weight excluding hydrogens is 250 g/mol. The molecule has 1 N–H and O–H groups in total. The molecule has 0 spiro atoms. The first-order chi connectivity index (χ1) is 8.70. The minimum atomic E-state index is -0.0373. The first kappa shape index (κ1) is 13.2. The summed E-state index contributed by atoms with van der Waals surface area (Å²) in [4.78, 5) is 11.9. The summed E-state index contributed by atoms with van der Waals surface area (Å²) < 4.78 is 5.41. The van der Waals surface area contributed by atoms with Gasteiger partial charge < -0.3 is 10.1 Å². The van der Waals surface area contributed by atoms with Gasteiger partial charge in [0, 0.05) is 23.9 Å². The van der Waals surface area contributed by atoms with Crippen LogP contribution >= 0.6 is 11.6 Å². The summed E-state index contributed by atoms with van der Waals surface area (Å²) in [7, 11) is 0. The Kier molecular flexibility index (Phi) is 4.48. The quantitative estimate of drug-likeness (QED) is 0.833. The van der Waals surface area contributed by atoms with E-state index in [4.69, 9.17) is 16.3 Å². The van der Waals surface area contributed by atoms with E-state index in [1.54, 1.807) is 6.07 Å². The molecule has 1 aliphatic rings. The number of rotatable bonds is 5. The second kappa shape index (κ2) is 6.10. The van der Waals surface area contributed by atoms with Crippen molar-refractivity contribution in [3.8, 4) is 5.75 Å². The van der Waals surface area contributed by atoms with Crippen molar-refractivity contribution >= 4 is 17.5 Å². The summed E-state index contributed by atoms with van der Waals surface area (Å²) in [5.41, 5.74) is 1.81. The van der Waals surface area contributed by atoms with Crippen LogP contribution in [-0.4, -0.2) is 24.4 Å². The summed E-state index contributed by atoms with van der Waals surface area (Å²) in [5.74, 6) is 0.864. The van der Waals surface area contributed by atoms with Gasteiger partial charge in [-0.05, 0) is 36.6 Å². The molecule has 1 heterocycles. The Morgan fingerprint density at radius 2 is 2.39 bits per heavy atom. The number of halogens is 1. The molecule has 0 fully saturated rings. The Hall–Kier alpha value is -1.22. The Bertz CT molecular complexity index is 434. The van der Waals surface area contributed by atoms with Crippen molar-refractivity contribution in [2.45, 2.75) is 31.6 Å². The van der Waals surface area contributed by atoms with Gasteiger partial charge in [0.05, 0.1) is 6.61 Å². The number of hydrogen-bond donors (Lipinski definition) is 1. The maximum atomic E-state index is 11.9. The van der Waals surface area contributed by atoms with Crippen LogP contribution in [0.1, 0.15) is 35.7 Å². The number of hydrogen-bond acceptors (Lipinski definition) is 2. The topological polar surface area (TPSA) is 38.3 Å². The highest BCUT2D eigenvalue weighted by Gasteiger charge is 2.14. The Morgan fingerprint density at radius 3 is 3.17 bits per heavy atom. The zero-order chi connectivity index (χ0) is 13.0. The zero-order valence-corrected chi connectivity index (χ0v) is 11.3. The molecule has 18 heavy (non-hydrogen) atoms. The lowest BCUT2D eigenvalue weighted by Crippen LogP contribution is -2.26. The van der Waals surface area contributed by atoms with E-state index >= 15 is 0 Å². The second-order valence-corrected chi connectivity index (χ2v) is 5.09. The van der Waals surface area contributed by atoms with Crippen LogP contribution in [0.15, 0.2) is 18.2 Å². The molecule has 1 unspecified atom stereocenters. The van der Waals surface area contributed by atoms with Crippen molar-refractivity contribution < 1.29 is 9.53 Å². The first-order valence-electron chi connectivity index (χ1n) is 6.38. The van der Waals surface area contributed by atoms with Crippen molar-refractivity contribution in [1.82, 2.24) is 5.32 Å². The van der Waals surface area contributed by atoms with E-state index in [1.165, 1.54) is 0 Å². The molecule has 1 atom stereocenters. The van der Waals surface area contributed by atoms with Crippen molar-refractivity contribution in [3.05, 3.63) is 29.3 Å². The molecule has 4 heteroatoms. The van der Waals surface area contributed by atoms with Gasteiger partial charge in [0.2, 0.25) is 0 Å². The van der Waals surface area contributed by atoms with E-state index in [0.29, 0.717) is 18.7 Å². The highest BCUT2D eigenvalue weighted by Crippen LogP contribution is 2.25. The largest absolute Gasteiger partial charge is 0.493 e. The third-order valence-electron chi connectivity index (χ3n) is 3.14. The van der Waals surface area contributed by atoms with Gasteiger partial charge in [0.15, 0.2) is 0 Å². The minimum Gasteiger partial charge on any atom is -0.493 e. The predicted octanol–water partition coefficient (Wildman–Crippen LogP) is 2.76. The molecule has 2 rings (SSSR count). The molecule has 1 aromatic carbocycles. The average Bonchev–Trinajstić information content (AvgIpc) is 2.85. The summed E-state index contributed by atoms with van der Waals surface area (Å²) in [6.07, 6.45) is 2.61. The molecule has 98 valence electrons. The molecule has 1 aromatic rings. The predicted molar refractivity (Wildman–Crippen MR) is 72.5 cm³/mol. The normalized spacial score (nSPS) is 14.8. The maximum absolute atomic E-state index is 11.9. The van der Waals surface area contributed by atoms with Crippen molar-refractivity contribution in [2.75, 3.05) is 13.2 Å². The molecule has 0 aliphatic carbocycles. The summed E-state index contributed by atoms with van der Waals surface area (Å²) in [5, 5.41) is 3.03. The van der Waals surface area contributed by atoms with Gasteiger partial charge in [-0.25, -0.2) is 0 Å². The van der Waals surface area contributed by atoms with Crippen molar-refractivity contribution in [2.24, 2.45) is 0 Å². The van der Waals surface area contributed by atoms with Gasteiger partial charge in [-0.15, -0.1) is 11.6 Å². The average molecular weight is 268 g/mol. The fourth-order valence-corrected chi connectivity index (χ4v) is 2.09. The SMILES string of the molecule is CCC(Cl)CCNC(=O)c1ccc2c(c1)CCO2. The summed E-state index contributed by atoms with van der Waals surface area (Å²) in [6.45, 7) is 3.37. The van der Waals surface area contributed by atoms with E-state index in [2.05, 4.69) is 5.32 Å². The highest BCUT2D eigenvalue weighted by atomic mass is 35.5. The van der Waals surface area contributed by atoms with E-state index in [1.807, 2.05) is 19.1 Å². The molecule has 0 bridgehead atoms. The van der Waals surface area contributed by atoms with Gasteiger partial charge >= 0.3 is 0 Å². The van der Waals surface area contributed by atoms with E-state index in [9.17, 15) is 4.79 Å². The van der Waals surface area contributed by atoms with Crippen molar-refractivity contribution in [1.29, 1.82) is 0 Å². The summed E-state index contributed by atoms with van der Waals surface area (Å²) in [6, 6.07) is 5.58. The van der Waals surface area contributed by atoms with E-state index < -0.39 is 0 Å². The third kappa shape index (κ3) is 3.16. The number of amides is 1. The third-order valence-corrected chi connectivity index (χ3v) is 3.66. The van der Waals surface area contributed by atoms with Gasteiger partial charge in [-0.2, -0.15) is 0 Å². The highest BCUT2D eigenvalue weighted by molar-refractivity contribution is 6.20. The van der Waals surface area contributed by atoms with E-state index in [0.717, 1.165) is 30.6 Å². The Labute approximate surface area is 112 Å². The lowest BCUT2D eigenvalue weighted by Gasteiger charge is -2.08. The standard InChI is InChI=1S/C14H18ClNO2/c1-2-12(15)5-7-16-14(17)11-3-4-13-10(9-11)6-8-18-13/h3-4,9,12H,2,5-8H2,1H3,(H,16,17). The fourth-order valence-electron chi connectivity index (χ4n) is 1.98. The molecule has 1 aliphatic heterocycles. The lowest BCUT2D eigenvalue weighted by molar-refractivity contribution is 0.0953. The van der Waals surface area contributed by atoms with Crippen LogP contribution in [0.2, 0.25) is 0 Å². The van der Waals surface area contributed by atoms with Crippen LogP contribution < -0.4 is 10.1 Å². The maximum Gasteiger partial charge on any atom is 0.251 e. The van der Waals surface area contributed by atoms with Gasteiger partial charge in [-0.1, -0.05) is 6.92 Å². The van der Waals surface area contributed by atoms with Crippen LogP contribution in [0.3, 0.4) is 0 Å². The van der Waals surface area contributed by atoms with E-state index in [-0.39, 0.29) is 11.3 Å². The molecule has 0 saturated carbocycles. The van der Waals surface area contributed by atoms with Gasteiger partial charge in [0.25, 0.3) is 5.91 Å². The van der Waals surface area contributed by atoms with Crippen LogP contribution in [-0.2, 0) is 6.42 Å². The number of carbonyl (C=O) groups excluding carboxylic acids is 1. The second-order valence-electron chi connectivity index (χ2n) is 4.47. The first-order valence-corrected chi connectivity index (χ1v) is 6.82.